The second kappa shape index (κ2) is 10.3. The van der Waals surface area contributed by atoms with Gasteiger partial charge in [0.1, 0.15) is 17.8 Å². The molecule has 0 saturated carbocycles. The summed E-state index contributed by atoms with van der Waals surface area (Å²) in [4.78, 5) is 32.3. The summed E-state index contributed by atoms with van der Waals surface area (Å²) in [5, 5.41) is 0.440. The maximum atomic E-state index is 13.1. The molecule has 4 aromatic rings. The number of H-pyrrole nitrogens is 1. The third kappa shape index (κ3) is 5.66. The molecular formula is C28H28F3N5O3. The van der Waals surface area contributed by atoms with Crippen LogP contribution >= 0.6 is 0 Å². The van der Waals surface area contributed by atoms with E-state index in [1.54, 1.807) is 32.6 Å². The fraction of sp³-hybridized carbons (Fsp3) is 0.250. The van der Waals surface area contributed by atoms with Gasteiger partial charge in [-0.2, -0.15) is 13.2 Å². The number of ether oxygens (including phenoxy) is 1. The third-order valence-electron chi connectivity index (χ3n) is 6.27. The molecule has 0 aliphatic rings. The van der Waals surface area contributed by atoms with E-state index >= 15 is 0 Å². The smallest absolute Gasteiger partial charge is 0.407 e. The molecule has 1 aromatic carbocycles. The van der Waals surface area contributed by atoms with Crippen molar-refractivity contribution in [3.63, 3.8) is 0 Å². The number of aryl methyl sites for hydroxylation is 4. The van der Waals surface area contributed by atoms with E-state index in [-0.39, 0.29) is 27.9 Å². The van der Waals surface area contributed by atoms with Gasteiger partial charge in [-0.15, -0.1) is 0 Å². The van der Waals surface area contributed by atoms with Gasteiger partial charge in [0, 0.05) is 66.1 Å². The van der Waals surface area contributed by atoms with Crippen LogP contribution in [0.25, 0.3) is 27.6 Å². The Bertz CT molecular complexity index is 1730. The number of fused-ring (bicyclic) bond motifs is 1. The van der Waals surface area contributed by atoms with Gasteiger partial charge in [-0.3, -0.25) is 14.6 Å². The first-order valence-corrected chi connectivity index (χ1v) is 12.0. The summed E-state index contributed by atoms with van der Waals surface area (Å²) in [5.74, 6) is 1.02. The van der Waals surface area contributed by atoms with Gasteiger partial charge in [-0.25, -0.2) is 0 Å². The van der Waals surface area contributed by atoms with Crippen molar-refractivity contribution in [2.24, 2.45) is 24.8 Å². The van der Waals surface area contributed by atoms with Crippen molar-refractivity contribution in [1.82, 2.24) is 14.1 Å². The van der Waals surface area contributed by atoms with Crippen LogP contribution in [0.2, 0.25) is 0 Å². The molecule has 3 N–H and O–H groups in total. The number of alkyl halides is 3. The molecule has 8 nitrogen and oxygen atoms in total. The van der Waals surface area contributed by atoms with Crippen molar-refractivity contribution >= 4 is 22.7 Å². The highest BCUT2D eigenvalue weighted by molar-refractivity contribution is 6.12. The molecule has 3 aromatic heterocycles. The number of aromatic amines is 1. The zero-order chi connectivity index (χ0) is 28.6. The second-order valence-electron chi connectivity index (χ2n) is 9.44. The van der Waals surface area contributed by atoms with Crippen molar-refractivity contribution in [3.05, 3.63) is 86.0 Å². The molecule has 0 aliphatic heterocycles. The van der Waals surface area contributed by atoms with Crippen molar-refractivity contribution in [1.29, 1.82) is 0 Å². The molecule has 39 heavy (non-hydrogen) atoms. The predicted octanol–water partition coefficient (Wildman–Crippen LogP) is 4.96. The zero-order valence-electron chi connectivity index (χ0n) is 22.1. The summed E-state index contributed by atoms with van der Waals surface area (Å²) >= 11 is 0. The highest BCUT2D eigenvalue weighted by atomic mass is 19.4. The Labute approximate surface area is 221 Å². The van der Waals surface area contributed by atoms with Crippen LogP contribution in [0.3, 0.4) is 0 Å². The molecule has 204 valence electrons. The standard InChI is InChI=1S/C28H28F3N5O3/c1-15-7-6-8-16(2)26(15)39-23-13-35(4)24(37)10-18(23)21-12-36(5)27(38)25-19(21)9-22(34-25)20(17(3)32)11-33-14-28(29,30)31/h6-13,34H,14,32H2,1-5H3/b20-17+,33-11?. The fourth-order valence-electron chi connectivity index (χ4n) is 4.29. The van der Waals surface area contributed by atoms with Crippen LogP contribution < -0.4 is 21.6 Å². The Morgan fingerprint density at radius 1 is 1.08 bits per heavy atom. The number of rotatable bonds is 6. The molecule has 0 aliphatic carbocycles. The van der Waals surface area contributed by atoms with Gasteiger partial charge in [0.15, 0.2) is 5.75 Å². The van der Waals surface area contributed by atoms with Gasteiger partial charge in [-0.1, -0.05) is 18.2 Å². The molecule has 4 rings (SSSR count). The van der Waals surface area contributed by atoms with E-state index in [0.717, 1.165) is 17.3 Å². The molecule has 0 unspecified atom stereocenters. The van der Waals surface area contributed by atoms with E-state index in [0.29, 0.717) is 33.7 Å². The van der Waals surface area contributed by atoms with Gasteiger partial charge in [0.25, 0.3) is 11.1 Å². The highest BCUT2D eigenvalue weighted by Gasteiger charge is 2.26. The molecule has 0 spiro atoms. The number of pyridine rings is 2. The SMILES string of the molecule is C/C(N)=C(/C=NCC(F)(F)F)c1cc2c(-c3cc(=O)n(C)cc3Oc3c(C)cccc3C)cn(C)c(=O)c2[nH]1. The number of halogens is 3. The Morgan fingerprint density at radius 2 is 1.74 bits per heavy atom. The minimum atomic E-state index is -4.47. The summed E-state index contributed by atoms with van der Waals surface area (Å²) in [6, 6.07) is 8.77. The molecule has 0 fully saturated rings. The average Bonchev–Trinajstić information content (AvgIpc) is 3.28. The maximum absolute atomic E-state index is 13.1. The second-order valence-corrected chi connectivity index (χ2v) is 9.44. The molecule has 0 bridgehead atoms. The molecule has 0 amide bonds. The molecule has 3 heterocycles. The maximum Gasteiger partial charge on any atom is 0.407 e. The first kappa shape index (κ1) is 27.5. The van der Waals surface area contributed by atoms with Crippen molar-refractivity contribution in [2.45, 2.75) is 26.9 Å². The number of benzene rings is 1. The van der Waals surface area contributed by atoms with Gasteiger partial charge in [-0.05, 0) is 38.0 Å². The average molecular weight is 540 g/mol. The van der Waals surface area contributed by atoms with E-state index in [4.69, 9.17) is 10.5 Å². The normalized spacial score (nSPS) is 12.8. The number of allylic oxidation sites excluding steroid dienone is 2. The molecular weight excluding hydrogens is 511 g/mol. The van der Waals surface area contributed by atoms with Crippen LogP contribution in [-0.4, -0.2) is 33.1 Å². The molecule has 0 radical (unpaired) electrons. The Balaban J connectivity index is 1.95. The monoisotopic (exact) mass is 539 g/mol. The number of hydrogen-bond acceptors (Lipinski definition) is 5. The lowest BCUT2D eigenvalue weighted by atomic mass is 10.0. The number of nitrogens with zero attached hydrogens (tertiary/aromatic N) is 3. The summed E-state index contributed by atoms with van der Waals surface area (Å²) < 4.78 is 47.1. The Hall–Kier alpha value is -4.54. The minimum absolute atomic E-state index is 0.187. The minimum Gasteiger partial charge on any atom is -0.455 e. The quantitative estimate of drug-likeness (QED) is 0.338. The van der Waals surface area contributed by atoms with Crippen molar-refractivity contribution in [2.75, 3.05) is 6.54 Å². The lowest BCUT2D eigenvalue weighted by molar-refractivity contribution is -0.118. The van der Waals surface area contributed by atoms with Gasteiger partial charge in [0.05, 0.1) is 6.20 Å². The molecule has 11 heteroatoms. The first-order valence-electron chi connectivity index (χ1n) is 12.0. The van der Waals surface area contributed by atoms with Crippen LogP contribution in [0.4, 0.5) is 13.2 Å². The fourth-order valence-corrected chi connectivity index (χ4v) is 4.29. The number of aliphatic imine (C=N–C) groups is 1. The number of para-hydroxylation sites is 1. The predicted molar refractivity (Wildman–Crippen MR) is 146 cm³/mol. The topological polar surface area (TPSA) is 107 Å². The van der Waals surface area contributed by atoms with Crippen LogP contribution in [-0.2, 0) is 14.1 Å². The molecule has 0 saturated heterocycles. The van der Waals surface area contributed by atoms with Crippen LogP contribution in [0.15, 0.2) is 63.0 Å². The Morgan fingerprint density at radius 3 is 2.36 bits per heavy atom. The lowest BCUT2D eigenvalue weighted by Crippen LogP contribution is -2.18. The van der Waals surface area contributed by atoms with E-state index in [9.17, 15) is 22.8 Å². The van der Waals surface area contributed by atoms with Crippen LogP contribution in [0, 0.1) is 13.8 Å². The van der Waals surface area contributed by atoms with Crippen molar-refractivity contribution in [3.8, 4) is 22.6 Å². The van der Waals surface area contributed by atoms with E-state index in [2.05, 4.69) is 9.98 Å². The van der Waals surface area contributed by atoms with Gasteiger partial charge >= 0.3 is 6.18 Å². The van der Waals surface area contributed by atoms with Crippen LogP contribution in [0.5, 0.6) is 11.5 Å². The lowest BCUT2D eigenvalue weighted by Gasteiger charge is -2.17. The highest BCUT2D eigenvalue weighted by Crippen LogP contribution is 2.38. The Kier molecular flexibility index (Phi) is 7.27. The largest absolute Gasteiger partial charge is 0.455 e. The van der Waals surface area contributed by atoms with Gasteiger partial charge < -0.3 is 24.6 Å². The van der Waals surface area contributed by atoms with E-state index < -0.39 is 12.7 Å². The number of aromatic nitrogens is 3. The zero-order valence-corrected chi connectivity index (χ0v) is 22.1. The van der Waals surface area contributed by atoms with E-state index in [1.165, 1.54) is 22.1 Å². The van der Waals surface area contributed by atoms with Crippen molar-refractivity contribution < 1.29 is 17.9 Å². The number of hydrogen-bond donors (Lipinski definition) is 2. The summed E-state index contributed by atoms with van der Waals surface area (Å²) in [6.45, 7) is 3.98. The summed E-state index contributed by atoms with van der Waals surface area (Å²) in [6.07, 6.45) is -0.275. The van der Waals surface area contributed by atoms with Crippen LogP contribution in [0.1, 0.15) is 23.7 Å². The number of nitrogens with two attached hydrogens (primary N) is 1. The van der Waals surface area contributed by atoms with Gasteiger partial charge in [0.2, 0.25) is 0 Å². The molecule has 0 atom stereocenters. The number of nitrogens with one attached hydrogen (secondary N) is 1. The van der Waals surface area contributed by atoms with E-state index in [1.807, 2.05) is 32.0 Å². The summed E-state index contributed by atoms with van der Waals surface area (Å²) in [7, 11) is 3.17. The summed E-state index contributed by atoms with van der Waals surface area (Å²) in [5.41, 5.74) is 8.95. The third-order valence-corrected chi connectivity index (χ3v) is 6.27. The first-order chi connectivity index (χ1) is 18.3.